The van der Waals surface area contributed by atoms with Crippen molar-refractivity contribution in [3.05, 3.63) is 89.5 Å². The van der Waals surface area contributed by atoms with Gasteiger partial charge in [0.25, 0.3) is 0 Å². The number of hydrogen-bond acceptors (Lipinski definition) is 6. The molecular formula is C32H31ClN8O. The van der Waals surface area contributed by atoms with Gasteiger partial charge >= 0.3 is 6.03 Å². The maximum absolute atomic E-state index is 12.9. The number of fused-ring (bicyclic) bond motifs is 2. The minimum Gasteiger partial charge on any atom is -0.353 e. The molecule has 1 atom stereocenters. The molecule has 0 aliphatic carbocycles. The minimum absolute atomic E-state index is 0.0997. The molecule has 2 amide bonds. The van der Waals surface area contributed by atoms with Crippen molar-refractivity contribution in [2.75, 3.05) is 38.5 Å². The Balaban J connectivity index is 1.14. The number of hydrazone groups is 1. The Bertz CT molecular complexity index is 1800. The van der Waals surface area contributed by atoms with Crippen molar-refractivity contribution in [1.29, 1.82) is 0 Å². The van der Waals surface area contributed by atoms with Crippen LogP contribution in [0.25, 0.3) is 27.6 Å². The maximum atomic E-state index is 12.9. The summed E-state index contributed by atoms with van der Waals surface area (Å²) in [5.74, 6) is 0.808. The summed E-state index contributed by atoms with van der Waals surface area (Å²) in [6.45, 7) is 5.31. The molecule has 1 saturated heterocycles. The number of amides is 2. The van der Waals surface area contributed by atoms with E-state index in [0.717, 1.165) is 63.5 Å². The van der Waals surface area contributed by atoms with Gasteiger partial charge in [0.15, 0.2) is 0 Å². The predicted octanol–water partition coefficient (Wildman–Crippen LogP) is 5.82. The molecule has 0 bridgehead atoms. The van der Waals surface area contributed by atoms with Gasteiger partial charge < -0.3 is 20.1 Å². The summed E-state index contributed by atoms with van der Waals surface area (Å²) >= 11 is 6.31. The number of rotatable bonds is 4. The number of nitrogens with one attached hydrogen (secondary N) is 3. The van der Waals surface area contributed by atoms with Gasteiger partial charge in [-0.1, -0.05) is 35.9 Å². The average Bonchev–Trinajstić information content (AvgIpc) is 3.57. The topological polar surface area (TPSA) is 101 Å². The van der Waals surface area contributed by atoms with Crippen molar-refractivity contribution in [1.82, 2.24) is 25.2 Å². The van der Waals surface area contributed by atoms with Crippen LogP contribution in [0.4, 0.5) is 10.5 Å². The zero-order valence-corrected chi connectivity index (χ0v) is 24.2. The van der Waals surface area contributed by atoms with Crippen LogP contribution in [0.1, 0.15) is 24.6 Å². The number of hydrogen-bond donors (Lipinski definition) is 3. The molecule has 0 spiro atoms. The third-order valence-corrected chi connectivity index (χ3v) is 8.65. The Kier molecular flexibility index (Phi) is 6.56. The number of benzene rings is 2. The predicted molar refractivity (Wildman–Crippen MR) is 169 cm³/mol. The van der Waals surface area contributed by atoms with Gasteiger partial charge in [0.2, 0.25) is 0 Å². The van der Waals surface area contributed by atoms with E-state index in [9.17, 15) is 4.79 Å². The maximum Gasteiger partial charge on any atom is 0.321 e. The van der Waals surface area contributed by atoms with E-state index in [1.165, 1.54) is 0 Å². The van der Waals surface area contributed by atoms with E-state index in [1.54, 1.807) is 6.20 Å². The summed E-state index contributed by atoms with van der Waals surface area (Å²) in [6, 6.07) is 18.2. The molecule has 0 saturated carbocycles. The standard InChI is InChI=1S/C32H31ClN8O/c1-32-16-22(21-14-24(19-34-17-21)36-31(42)41-11-9-40(2)10-12-41)18-35-30(32)39-38-29(32)28-15-26-25(7-4-8-27(26)37-28)20-5-3-6-23(33)13-20/h3-8,13-15,17-19,37H,9-12,16H2,1-2H3,(H,35,39)(H,36,42). The number of anilines is 1. The van der Waals surface area contributed by atoms with Crippen molar-refractivity contribution in [2.45, 2.75) is 13.3 Å². The SMILES string of the molecule is CN1CCN(C(=O)Nc2cncc(C3=CN=C4NN=C(c5cc6c(-c7cccc(Cl)c7)cccc6[nH]5)C4(C)C3)c2)CC1. The zero-order chi connectivity index (χ0) is 28.8. The molecule has 1 unspecified atom stereocenters. The second kappa shape index (κ2) is 10.4. The fraction of sp³-hybridized carbons (Fsp3) is 0.250. The van der Waals surface area contributed by atoms with Gasteiger partial charge in [-0.05, 0) is 73.0 Å². The number of nitrogens with zero attached hydrogens (tertiary/aromatic N) is 5. The highest BCUT2D eigenvalue weighted by Gasteiger charge is 2.44. The van der Waals surface area contributed by atoms with E-state index < -0.39 is 5.41 Å². The minimum atomic E-state index is -0.472. The van der Waals surface area contributed by atoms with Crippen LogP contribution < -0.4 is 10.7 Å². The van der Waals surface area contributed by atoms with Gasteiger partial charge in [-0.15, -0.1) is 0 Å². The summed E-state index contributed by atoms with van der Waals surface area (Å²) in [5, 5.41) is 9.58. The second-order valence-electron chi connectivity index (χ2n) is 11.4. The van der Waals surface area contributed by atoms with Crippen molar-refractivity contribution in [3.63, 3.8) is 0 Å². The lowest BCUT2D eigenvalue weighted by Crippen LogP contribution is -2.48. The fourth-order valence-electron chi connectivity index (χ4n) is 6.00. The molecule has 3 aliphatic heterocycles. The van der Waals surface area contributed by atoms with Crippen LogP contribution in [-0.2, 0) is 0 Å². The number of H-pyrrole nitrogens is 1. The molecular weight excluding hydrogens is 548 g/mol. The van der Waals surface area contributed by atoms with Crippen LogP contribution in [0.2, 0.25) is 5.02 Å². The Hall–Kier alpha value is -4.47. The molecule has 10 heteroatoms. The van der Waals surface area contributed by atoms with Gasteiger partial charge in [-0.3, -0.25) is 10.4 Å². The van der Waals surface area contributed by atoms with E-state index in [4.69, 9.17) is 21.7 Å². The van der Waals surface area contributed by atoms with E-state index in [0.29, 0.717) is 30.2 Å². The largest absolute Gasteiger partial charge is 0.353 e. The monoisotopic (exact) mass is 578 g/mol. The summed E-state index contributed by atoms with van der Waals surface area (Å²) in [7, 11) is 2.07. The third kappa shape index (κ3) is 4.74. The van der Waals surface area contributed by atoms with Crippen LogP contribution in [0.15, 0.2) is 83.3 Å². The molecule has 1 fully saturated rings. The molecule has 3 N–H and O–H groups in total. The summed E-state index contributed by atoms with van der Waals surface area (Å²) in [5.41, 5.74) is 10.3. The summed E-state index contributed by atoms with van der Waals surface area (Å²) in [4.78, 5) is 29.7. The number of likely N-dealkylation sites (N-methyl/N-ethyl adjacent to an activating group) is 1. The highest BCUT2D eigenvalue weighted by molar-refractivity contribution is 6.31. The Morgan fingerprint density at radius 1 is 1.02 bits per heavy atom. The smallest absolute Gasteiger partial charge is 0.321 e. The molecule has 9 nitrogen and oxygen atoms in total. The van der Waals surface area contributed by atoms with Gasteiger partial charge in [0, 0.05) is 54.5 Å². The number of amidine groups is 1. The van der Waals surface area contributed by atoms with E-state index >= 15 is 0 Å². The molecule has 5 heterocycles. The van der Waals surface area contributed by atoms with Crippen molar-refractivity contribution < 1.29 is 4.79 Å². The van der Waals surface area contributed by atoms with Gasteiger partial charge in [0.05, 0.1) is 28.7 Å². The molecule has 3 aliphatic rings. The summed E-state index contributed by atoms with van der Waals surface area (Å²) in [6.07, 6.45) is 6.05. The first-order valence-electron chi connectivity index (χ1n) is 14.1. The molecule has 0 radical (unpaired) electrons. The third-order valence-electron chi connectivity index (χ3n) is 8.42. The highest BCUT2D eigenvalue weighted by Crippen LogP contribution is 2.42. The lowest BCUT2D eigenvalue weighted by molar-refractivity contribution is 0.164. The van der Waals surface area contributed by atoms with Crippen LogP contribution in [0.3, 0.4) is 0 Å². The van der Waals surface area contributed by atoms with Crippen LogP contribution in [0.5, 0.6) is 0 Å². The molecule has 42 heavy (non-hydrogen) atoms. The fourth-order valence-corrected chi connectivity index (χ4v) is 6.19. The highest BCUT2D eigenvalue weighted by atomic mass is 35.5. The first-order chi connectivity index (χ1) is 20.4. The number of aromatic nitrogens is 2. The number of allylic oxidation sites excluding steroid dienone is 1. The van der Waals surface area contributed by atoms with Crippen molar-refractivity contribution in [2.24, 2.45) is 15.5 Å². The number of carbonyl (C=O) groups excluding carboxylic acids is 1. The Morgan fingerprint density at radius 3 is 2.69 bits per heavy atom. The number of aliphatic imine (C=N–C) groups is 1. The lowest BCUT2D eigenvalue weighted by Gasteiger charge is -2.32. The normalized spacial score (nSPS) is 20.5. The number of carbonyl (C=O) groups is 1. The molecule has 4 aromatic rings. The number of aromatic amines is 1. The van der Waals surface area contributed by atoms with Crippen LogP contribution in [0, 0.1) is 5.41 Å². The Morgan fingerprint density at radius 2 is 1.86 bits per heavy atom. The second-order valence-corrected chi connectivity index (χ2v) is 11.8. The quantitative estimate of drug-likeness (QED) is 0.284. The number of pyridine rings is 1. The molecule has 7 rings (SSSR count). The summed E-state index contributed by atoms with van der Waals surface area (Å²) < 4.78 is 0. The van der Waals surface area contributed by atoms with E-state index in [2.05, 4.69) is 63.8 Å². The van der Waals surface area contributed by atoms with E-state index in [1.807, 2.05) is 47.6 Å². The van der Waals surface area contributed by atoms with E-state index in [-0.39, 0.29) is 6.03 Å². The average molecular weight is 579 g/mol. The zero-order valence-electron chi connectivity index (χ0n) is 23.5. The first kappa shape index (κ1) is 26.4. The Labute approximate surface area is 249 Å². The molecule has 2 aromatic carbocycles. The van der Waals surface area contributed by atoms with Crippen molar-refractivity contribution >= 4 is 51.3 Å². The molecule has 212 valence electrons. The lowest BCUT2D eigenvalue weighted by atomic mass is 9.75. The van der Waals surface area contributed by atoms with Gasteiger partial charge in [-0.25, -0.2) is 9.79 Å². The van der Waals surface area contributed by atoms with Gasteiger partial charge in [-0.2, -0.15) is 5.10 Å². The van der Waals surface area contributed by atoms with Crippen LogP contribution in [-0.4, -0.2) is 70.6 Å². The van der Waals surface area contributed by atoms with Crippen molar-refractivity contribution in [3.8, 4) is 11.1 Å². The van der Waals surface area contributed by atoms with Gasteiger partial charge in [0.1, 0.15) is 5.84 Å². The first-order valence-corrected chi connectivity index (χ1v) is 14.4. The van der Waals surface area contributed by atoms with Crippen LogP contribution >= 0.6 is 11.6 Å². The number of halogens is 1. The number of piperazine rings is 1. The number of urea groups is 1. The molecule has 2 aromatic heterocycles.